The highest BCUT2D eigenvalue weighted by Gasteiger charge is 2.05. The first kappa shape index (κ1) is 15.2. The van der Waals surface area contributed by atoms with Gasteiger partial charge in [-0.25, -0.2) is 13.1 Å². The second-order valence-corrected chi connectivity index (χ2v) is 6.49. The van der Waals surface area contributed by atoms with E-state index in [9.17, 15) is 8.42 Å². The van der Waals surface area contributed by atoms with Crippen LogP contribution in [0.15, 0.2) is 6.07 Å². The predicted molar refractivity (Wildman–Crippen MR) is 74.1 cm³/mol. The lowest BCUT2D eigenvalue weighted by atomic mass is 10.2. The largest absolute Gasteiger partial charge is 0.352 e. The van der Waals surface area contributed by atoms with Crippen LogP contribution in [0.1, 0.15) is 23.4 Å². The van der Waals surface area contributed by atoms with Crippen molar-refractivity contribution in [1.82, 2.24) is 14.6 Å². The summed E-state index contributed by atoms with van der Waals surface area (Å²) in [6.07, 6.45) is 1.97. The summed E-state index contributed by atoms with van der Waals surface area (Å²) in [5.41, 5.74) is 3.82. The summed E-state index contributed by atoms with van der Waals surface area (Å²) < 4.78 is 26.3. The van der Waals surface area contributed by atoms with Crippen LogP contribution >= 0.6 is 0 Å². The SMILES string of the molecule is Cc1cc(CNCCCNS(C)(=O)=O)c(C)n1C. The smallest absolute Gasteiger partial charge is 0.208 e. The molecule has 1 aromatic heterocycles. The molecular weight excluding hydrogens is 250 g/mol. The van der Waals surface area contributed by atoms with E-state index in [1.165, 1.54) is 23.2 Å². The maximum Gasteiger partial charge on any atom is 0.208 e. The van der Waals surface area contributed by atoms with Crippen LogP contribution in [-0.2, 0) is 23.6 Å². The normalized spacial score (nSPS) is 12.0. The molecule has 0 atom stereocenters. The Morgan fingerprint density at radius 2 is 1.94 bits per heavy atom. The molecule has 18 heavy (non-hydrogen) atoms. The van der Waals surface area contributed by atoms with Crippen LogP contribution < -0.4 is 10.0 Å². The van der Waals surface area contributed by atoms with E-state index in [0.717, 1.165) is 19.5 Å². The maximum absolute atomic E-state index is 10.8. The van der Waals surface area contributed by atoms with E-state index in [1.807, 2.05) is 0 Å². The molecule has 0 unspecified atom stereocenters. The van der Waals surface area contributed by atoms with Gasteiger partial charge in [-0.1, -0.05) is 0 Å². The van der Waals surface area contributed by atoms with Crippen LogP contribution in [0.5, 0.6) is 0 Å². The molecule has 0 saturated heterocycles. The van der Waals surface area contributed by atoms with Gasteiger partial charge in [0.1, 0.15) is 0 Å². The number of nitrogens with one attached hydrogen (secondary N) is 2. The number of sulfonamides is 1. The Kier molecular flexibility index (Phi) is 5.37. The Labute approximate surface area is 110 Å². The summed E-state index contributed by atoms with van der Waals surface area (Å²) in [6.45, 7) is 6.31. The topological polar surface area (TPSA) is 63.1 Å². The van der Waals surface area contributed by atoms with Gasteiger partial charge < -0.3 is 9.88 Å². The van der Waals surface area contributed by atoms with Crippen molar-refractivity contribution in [3.63, 3.8) is 0 Å². The Hall–Kier alpha value is -0.850. The third-order valence-electron chi connectivity index (χ3n) is 3.09. The Morgan fingerprint density at radius 3 is 2.44 bits per heavy atom. The first-order valence-electron chi connectivity index (χ1n) is 6.08. The number of hydrogen-bond donors (Lipinski definition) is 2. The molecule has 0 aromatic carbocycles. The standard InChI is InChI=1S/C12H23N3O2S/c1-10-8-12(11(2)15(10)3)9-13-6-5-7-14-18(4,16)17/h8,13-14H,5-7,9H2,1-4H3. The molecule has 2 N–H and O–H groups in total. The van der Waals surface area contributed by atoms with Gasteiger partial charge in [-0.15, -0.1) is 0 Å². The molecule has 0 aliphatic carbocycles. The number of rotatable bonds is 7. The van der Waals surface area contributed by atoms with Gasteiger partial charge in [0.05, 0.1) is 6.26 Å². The van der Waals surface area contributed by atoms with E-state index in [2.05, 4.69) is 41.6 Å². The molecule has 0 radical (unpaired) electrons. The fourth-order valence-corrected chi connectivity index (χ4v) is 2.32. The van der Waals surface area contributed by atoms with Crippen LogP contribution in [0.25, 0.3) is 0 Å². The third-order valence-corrected chi connectivity index (χ3v) is 3.82. The van der Waals surface area contributed by atoms with E-state index in [-0.39, 0.29) is 0 Å². The lowest BCUT2D eigenvalue weighted by Gasteiger charge is -2.06. The van der Waals surface area contributed by atoms with Crippen LogP contribution in [0.2, 0.25) is 0 Å². The molecular formula is C12H23N3O2S. The quantitative estimate of drug-likeness (QED) is 0.718. The summed E-state index contributed by atoms with van der Waals surface area (Å²) >= 11 is 0. The lowest BCUT2D eigenvalue weighted by molar-refractivity contribution is 0.579. The molecule has 1 heterocycles. The van der Waals surface area contributed by atoms with Gasteiger partial charge in [0.25, 0.3) is 0 Å². The van der Waals surface area contributed by atoms with Gasteiger partial charge in [-0.05, 0) is 38.4 Å². The number of aryl methyl sites for hydroxylation is 1. The second-order valence-electron chi connectivity index (χ2n) is 4.65. The highest BCUT2D eigenvalue weighted by molar-refractivity contribution is 7.88. The van der Waals surface area contributed by atoms with Crippen molar-refractivity contribution >= 4 is 10.0 Å². The molecule has 0 aliphatic heterocycles. The third kappa shape index (κ3) is 4.80. The van der Waals surface area contributed by atoms with Crippen molar-refractivity contribution in [3.8, 4) is 0 Å². The van der Waals surface area contributed by atoms with Gasteiger partial charge in [0.2, 0.25) is 10.0 Å². The molecule has 1 rings (SSSR count). The molecule has 0 saturated carbocycles. The van der Waals surface area contributed by atoms with E-state index in [0.29, 0.717) is 6.54 Å². The first-order chi connectivity index (χ1) is 8.31. The molecule has 0 bridgehead atoms. The molecule has 0 aliphatic rings. The molecule has 104 valence electrons. The number of nitrogens with zero attached hydrogens (tertiary/aromatic N) is 1. The van der Waals surface area contributed by atoms with Crippen molar-refractivity contribution in [1.29, 1.82) is 0 Å². The van der Waals surface area contributed by atoms with Crippen LogP contribution in [-0.4, -0.2) is 32.3 Å². The summed E-state index contributed by atoms with van der Waals surface area (Å²) in [5, 5.41) is 3.32. The maximum atomic E-state index is 10.8. The van der Waals surface area contributed by atoms with Crippen molar-refractivity contribution in [2.75, 3.05) is 19.3 Å². The fraction of sp³-hybridized carbons (Fsp3) is 0.667. The predicted octanol–water partition coefficient (Wildman–Crippen LogP) is 0.671. The summed E-state index contributed by atoms with van der Waals surface area (Å²) in [4.78, 5) is 0. The van der Waals surface area contributed by atoms with E-state index < -0.39 is 10.0 Å². The fourth-order valence-electron chi connectivity index (χ4n) is 1.81. The first-order valence-corrected chi connectivity index (χ1v) is 7.97. The second kappa shape index (κ2) is 6.36. The highest BCUT2D eigenvalue weighted by Crippen LogP contribution is 2.12. The van der Waals surface area contributed by atoms with Gasteiger partial charge in [0, 0.05) is 31.5 Å². The van der Waals surface area contributed by atoms with Gasteiger partial charge in [-0.3, -0.25) is 0 Å². The lowest BCUT2D eigenvalue weighted by Crippen LogP contribution is -2.26. The Morgan fingerprint density at radius 1 is 1.28 bits per heavy atom. The number of aromatic nitrogens is 1. The molecule has 5 nitrogen and oxygen atoms in total. The number of hydrogen-bond acceptors (Lipinski definition) is 3. The average Bonchev–Trinajstić information content (AvgIpc) is 2.50. The molecule has 0 amide bonds. The van der Waals surface area contributed by atoms with E-state index >= 15 is 0 Å². The van der Waals surface area contributed by atoms with Crippen molar-refractivity contribution in [2.24, 2.45) is 7.05 Å². The minimum Gasteiger partial charge on any atom is -0.352 e. The zero-order valence-corrected chi connectivity index (χ0v) is 12.4. The van der Waals surface area contributed by atoms with Crippen LogP contribution in [0, 0.1) is 13.8 Å². The Bertz CT molecular complexity index is 492. The molecule has 1 aromatic rings. The molecule has 0 spiro atoms. The summed E-state index contributed by atoms with van der Waals surface area (Å²) in [6, 6.07) is 2.18. The van der Waals surface area contributed by atoms with Gasteiger partial charge >= 0.3 is 0 Å². The minimum atomic E-state index is -3.05. The summed E-state index contributed by atoms with van der Waals surface area (Å²) in [7, 11) is -0.994. The van der Waals surface area contributed by atoms with Gasteiger partial charge in [-0.2, -0.15) is 0 Å². The van der Waals surface area contributed by atoms with Gasteiger partial charge in [0.15, 0.2) is 0 Å². The minimum absolute atomic E-state index is 0.485. The zero-order chi connectivity index (χ0) is 13.8. The van der Waals surface area contributed by atoms with E-state index in [1.54, 1.807) is 0 Å². The van der Waals surface area contributed by atoms with E-state index in [4.69, 9.17) is 0 Å². The summed E-state index contributed by atoms with van der Waals surface area (Å²) in [5.74, 6) is 0. The Balaban J connectivity index is 2.24. The van der Waals surface area contributed by atoms with Crippen molar-refractivity contribution in [2.45, 2.75) is 26.8 Å². The molecule has 0 fully saturated rings. The highest BCUT2D eigenvalue weighted by atomic mass is 32.2. The van der Waals surface area contributed by atoms with Crippen LogP contribution in [0.4, 0.5) is 0 Å². The van der Waals surface area contributed by atoms with Crippen molar-refractivity contribution in [3.05, 3.63) is 23.0 Å². The zero-order valence-electron chi connectivity index (χ0n) is 11.6. The molecule has 6 heteroatoms. The monoisotopic (exact) mass is 273 g/mol. The average molecular weight is 273 g/mol. The van der Waals surface area contributed by atoms with Crippen molar-refractivity contribution < 1.29 is 8.42 Å². The van der Waals surface area contributed by atoms with Crippen LogP contribution in [0.3, 0.4) is 0 Å².